The monoisotopic (exact) mass is 498 g/mol. The largest absolute Gasteiger partial charge is 0.339 e. The molecular formula is C23H22N4O5S2. The lowest BCUT2D eigenvalue weighted by atomic mass is 9.98. The molecule has 0 spiro atoms. The van der Waals surface area contributed by atoms with Crippen LogP contribution in [0.25, 0.3) is 22.3 Å². The Hall–Kier alpha value is -3.15. The molecule has 3 heterocycles. The van der Waals surface area contributed by atoms with Crippen molar-refractivity contribution < 1.29 is 21.4 Å². The van der Waals surface area contributed by atoms with Crippen LogP contribution in [0.5, 0.6) is 0 Å². The van der Waals surface area contributed by atoms with Gasteiger partial charge in [-0.25, -0.2) is 16.8 Å². The van der Waals surface area contributed by atoms with Crippen molar-refractivity contribution in [2.45, 2.75) is 28.6 Å². The first kappa shape index (κ1) is 22.6. The van der Waals surface area contributed by atoms with Crippen molar-refractivity contribution in [3.05, 3.63) is 66.7 Å². The van der Waals surface area contributed by atoms with E-state index < -0.39 is 19.9 Å². The van der Waals surface area contributed by atoms with Crippen LogP contribution in [0.1, 0.15) is 24.7 Å². The molecule has 1 fully saturated rings. The molecule has 9 nitrogen and oxygen atoms in total. The van der Waals surface area contributed by atoms with Crippen LogP contribution < -0.4 is 0 Å². The Bertz CT molecular complexity index is 1550. The fourth-order valence-electron chi connectivity index (χ4n) is 4.14. The van der Waals surface area contributed by atoms with Crippen LogP contribution in [-0.4, -0.2) is 55.6 Å². The van der Waals surface area contributed by atoms with Gasteiger partial charge in [-0.15, -0.1) is 0 Å². The molecule has 0 bridgehead atoms. The molecule has 1 aliphatic rings. The third kappa shape index (κ3) is 4.22. The highest BCUT2D eigenvalue weighted by molar-refractivity contribution is 7.90. The summed E-state index contributed by atoms with van der Waals surface area (Å²) in [5, 5.41) is 4.81. The Morgan fingerprint density at radius 3 is 2.35 bits per heavy atom. The average molecular weight is 499 g/mol. The van der Waals surface area contributed by atoms with Crippen molar-refractivity contribution in [3.63, 3.8) is 0 Å². The van der Waals surface area contributed by atoms with Gasteiger partial charge >= 0.3 is 0 Å². The van der Waals surface area contributed by atoms with Gasteiger partial charge in [0, 0.05) is 42.4 Å². The number of para-hydroxylation sites is 1. The summed E-state index contributed by atoms with van der Waals surface area (Å²) in [6.45, 7) is 0.661. The number of nitrogens with zero attached hydrogens (tertiary/aromatic N) is 4. The van der Waals surface area contributed by atoms with Gasteiger partial charge in [-0.1, -0.05) is 23.4 Å². The van der Waals surface area contributed by atoms with E-state index >= 15 is 0 Å². The number of piperidine rings is 1. The van der Waals surface area contributed by atoms with Crippen LogP contribution in [-0.2, 0) is 19.9 Å². The Labute approximate surface area is 197 Å². The molecule has 2 aromatic heterocycles. The molecule has 2 aromatic carbocycles. The Morgan fingerprint density at radius 2 is 1.65 bits per heavy atom. The molecule has 0 unspecified atom stereocenters. The lowest BCUT2D eigenvalue weighted by Gasteiger charge is -2.29. The molecule has 0 aliphatic carbocycles. The van der Waals surface area contributed by atoms with E-state index in [0.717, 1.165) is 11.6 Å². The van der Waals surface area contributed by atoms with Gasteiger partial charge in [-0.3, -0.25) is 4.98 Å². The first-order valence-corrected chi connectivity index (χ1v) is 14.0. The summed E-state index contributed by atoms with van der Waals surface area (Å²) in [4.78, 5) is 9.19. The number of hydrogen-bond donors (Lipinski definition) is 0. The average Bonchev–Trinajstić information content (AvgIpc) is 3.34. The molecule has 0 saturated carbocycles. The highest BCUT2D eigenvalue weighted by atomic mass is 32.2. The quantitative estimate of drug-likeness (QED) is 0.411. The SMILES string of the molecule is CS(=O)(=O)c1ccc(-c2noc(C3CCN(S(=O)(=O)c4cccc5cccnc45)CC3)n2)cc1. The van der Waals surface area contributed by atoms with E-state index in [9.17, 15) is 16.8 Å². The Kier molecular flexibility index (Phi) is 5.70. The third-order valence-corrected chi connectivity index (χ3v) is 9.06. The number of sulfone groups is 1. The number of benzene rings is 2. The summed E-state index contributed by atoms with van der Waals surface area (Å²) in [6, 6.07) is 15.1. The molecule has 34 heavy (non-hydrogen) atoms. The minimum Gasteiger partial charge on any atom is -0.339 e. The predicted molar refractivity (Wildman–Crippen MR) is 125 cm³/mol. The number of aromatic nitrogens is 3. The number of rotatable bonds is 5. The van der Waals surface area contributed by atoms with Gasteiger partial charge in [-0.05, 0) is 49.2 Å². The minimum absolute atomic E-state index is 0.0614. The van der Waals surface area contributed by atoms with Crippen LogP contribution in [0.2, 0.25) is 0 Å². The molecule has 11 heteroatoms. The van der Waals surface area contributed by atoms with E-state index in [0.29, 0.717) is 48.7 Å². The lowest BCUT2D eigenvalue weighted by Crippen LogP contribution is -2.38. The zero-order valence-corrected chi connectivity index (χ0v) is 20.0. The second-order valence-electron chi connectivity index (χ2n) is 8.26. The smallest absolute Gasteiger partial charge is 0.245 e. The van der Waals surface area contributed by atoms with Gasteiger partial charge in [0.05, 0.1) is 10.4 Å². The molecule has 0 N–H and O–H groups in total. The number of hydrogen-bond acceptors (Lipinski definition) is 8. The maximum Gasteiger partial charge on any atom is 0.245 e. The third-order valence-electron chi connectivity index (χ3n) is 6.00. The van der Waals surface area contributed by atoms with E-state index in [1.54, 1.807) is 36.5 Å². The number of pyridine rings is 1. The fourth-order valence-corrected chi connectivity index (χ4v) is 6.40. The lowest BCUT2D eigenvalue weighted by molar-refractivity contribution is 0.271. The van der Waals surface area contributed by atoms with Crippen molar-refractivity contribution in [1.29, 1.82) is 0 Å². The summed E-state index contributed by atoms with van der Waals surface area (Å²) in [7, 11) is -6.98. The molecule has 176 valence electrons. The van der Waals surface area contributed by atoms with Crippen molar-refractivity contribution in [1.82, 2.24) is 19.4 Å². The molecule has 1 saturated heterocycles. The molecule has 0 amide bonds. The first-order chi connectivity index (χ1) is 16.2. The van der Waals surface area contributed by atoms with E-state index in [1.165, 1.54) is 16.4 Å². The summed E-state index contributed by atoms with van der Waals surface area (Å²) in [5.41, 5.74) is 1.11. The van der Waals surface area contributed by atoms with E-state index in [1.807, 2.05) is 12.1 Å². The van der Waals surface area contributed by atoms with E-state index in [4.69, 9.17) is 4.52 Å². The van der Waals surface area contributed by atoms with Gasteiger partial charge in [0.15, 0.2) is 9.84 Å². The summed E-state index contributed by atoms with van der Waals surface area (Å²) >= 11 is 0. The standard InChI is InChI=1S/C23H22N4O5S2/c1-33(28,29)19-9-7-17(8-10-19)22-25-23(32-26-22)18-11-14-27(15-12-18)34(30,31)20-6-2-4-16-5-3-13-24-21(16)20/h2-10,13,18H,11-12,14-15H2,1H3. The normalized spacial score (nSPS) is 16.1. The zero-order valence-electron chi connectivity index (χ0n) is 18.3. The molecule has 4 aromatic rings. The maximum atomic E-state index is 13.3. The highest BCUT2D eigenvalue weighted by Crippen LogP contribution is 2.32. The summed E-state index contributed by atoms with van der Waals surface area (Å²) in [5.74, 6) is 0.756. The summed E-state index contributed by atoms with van der Waals surface area (Å²) < 4.78 is 56.9. The molecule has 1 aliphatic heterocycles. The van der Waals surface area contributed by atoms with E-state index in [-0.39, 0.29) is 15.7 Å². The van der Waals surface area contributed by atoms with Gasteiger partial charge < -0.3 is 4.52 Å². The van der Waals surface area contributed by atoms with Crippen molar-refractivity contribution in [2.75, 3.05) is 19.3 Å². The van der Waals surface area contributed by atoms with Crippen LogP contribution in [0.15, 0.2) is 75.1 Å². The molecule has 5 rings (SSSR count). The highest BCUT2D eigenvalue weighted by Gasteiger charge is 2.33. The van der Waals surface area contributed by atoms with Crippen LogP contribution >= 0.6 is 0 Å². The van der Waals surface area contributed by atoms with Gasteiger partial charge in [0.25, 0.3) is 0 Å². The Morgan fingerprint density at radius 1 is 0.941 bits per heavy atom. The van der Waals surface area contributed by atoms with Crippen molar-refractivity contribution in [3.8, 4) is 11.4 Å². The number of fused-ring (bicyclic) bond motifs is 1. The van der Waals surface area contributed by atoms with Crippen LogP contribution in [0.4, 0.5) is 0 Å². The zero-order chi connectivity index (χ0) is 23.9. The molecular weight excluding hydrogens is 476 g/mol. The minimum atomic E-state index is -3.69. The van der Waals surface area contributed by atoms with Crippen molar-refractivity contribution >= 4 is 30.8 Å². The molecule has 0 radical (unpaired) electrons. The fraction of sp³-hybridized carbons (Fsp3) is 0.261. The van der Waals surface area contributed by atoms with Crippen LogP contribution in [0.3, 0.4) is 0 Å². The predicted octanol–water partition coefficient (Wildman–Crippen LogP) is 3.26. The van der Waals surface area contributed by atoms with Crippen molar-refractivity contribution in [2.24, 2.45) is 0 Å². The molecule has 0 atom stereocenters. The van der Waals surface area contributed by atoms with Gasteiger partial charge in [0.1, 0.15) is 4.90 Å². The topological polar surface area (TPSA) is 123 Å². The first-order valence-electron chi connectivity index (χ1n) is 10.7. The van der Waals surface area contributed by atoms with Crippen LogP contribution in [0, 0.1) is 0 Å². The van der Waals surface area contributed by atoms with E-state index in [2.05, 4.69) is 15.1 Å². The maximum absolute atomic E-state index is 13.3. The van der Waals surface area contributed by atoms with Gasteiger partial charge in [0.2, 0.25) is 21.7 Å². The second-order valence-corrected chi connectivity index (χ2v) is 12.2. The van der Waals surface area contributed by atoms with Gasteiger partial charge in [-0.2, -0.15) is 9.29 Å². The Balaban J connectivity index is 1.31. The number of sulfonamides is 1. The summed E-state index contributed by atoms with van der Waals surface area (Å²) in [6.07, 6.45) is 3.84. The second kappa shape index (κ2) is 8.57.